The lowest BCUT2D eigenvalue weighted by Crippen LogP contribution is -2.52. The van der Waals surface area contributed by atoms with Crippen LogP contribution in [-0.4, -0.2) is 41.6 Å². The van der Waals surface area contributed by atoms with E-state index < -0.39 is 23.0 Å². The van der Waals surface area contributed by atoms with E-state index in [1.165, 1.54) is 35.5 Å². The van der Waals surface area contributed by atoms with Crippen LogP contribution in [0.1, 0.15) is 40.9 Å². The smallest absolute Gasteiger partial charge is 0.261 e. The lowest BCUT2D eigenvalue weighted by atomic mass is 9.69. The zero-order valence-electron chi connectivity index (χ0n) is 18.8. The molecular formula is C25H24ClF2N5O. The minimum absolute atomic E-state index is 0.00847. The summed E-state index contributed by atoms with van der Waals surface area (Å²) < 4.78 is 30.2. The fourth-order valence-corrected chi connectivity index (χ4v) is 5.08. The van der Waals surface area contributed by atoms with Gasteiger partial charge in [0.25, 0.3) is 5.91 Å². The molecule has 2 aliphatic heterocycles. The topological polar surface area (TPSA) is 70.2 Å². The standard InChI is InChI=1S/C25H24ClF2N5O/c1-3-15-20-16(12-31-22(15)32-14-10-29-11-14)24(34)33(23-19(27)8-5-9-30-23)13-25(20,2)17-6-4-7-18(26)21(17)28/h4-9,12,14,29H,3,10-11,13H2,1-2H3,(H,31,32)/t25-/m1/s1. The van der Waals surface area contributed by atoms with Crippen molar-refractivity contribution >= 4 is 29.1 Å². The minimum atomic E-state index is -1.04. The summed E-state index contributed by atoms with van der Waals surface area (Å²) in [7, 11) is 0. The van der Waals surface area contributed by atoms with E-state index in [0.717, 1.165) is 18.7 Å². The third-order valence-electron chi connectivity index (χ3n) is 6.70. The lowest BCUT2D eigenvalue weighted by Gasteiger charge is -2.43. The molecule has 4 heterocycles. The second-order valence-electron chi connectivity index (χ2n) is 8.86. The van der Waals surface area contributed by atoms with Gasteiger partial charge in [-0.2, -0.15) is 0 Å². The van der Waals surface area contributed by atoms with Gasteiger partial charge in [-0.05, 0) is 42.7 Å². The van der Waals surface area contributed by atoms with Crippen LogP contribution in [0.3, 0.4) is 0 Å². The minimum Gasteiger partial charge on any atom is -0.365 e. The number of rotatable bonds is 5. The maximum absolute atomic E-state index is 15.5. The number of aromatic nitrogens is 2. The molecule has 2 N–H and O–H groups in total. The van der Waals surface area contributed by atoms with Crippen molar-refractivity contribution in [1.82, 2.24) is 15.3 Å². The van der Waals surface area contributed by atoms with Crippen molar-refractivity contribution in [2.75, 3.05) is 29.9 Å². The van der Waals surface area contributed by atoms with Crippen LogP contribution in [0.2, 0.25) is 5.02 Å². The van der Waals surface area contributed by atoms with Crippen LogP contribution < -0.4 is 15.5 Å². The van der Waals surface area contributed by atoms with Crippen molar-refractivity contribution in [3.63, 3.8) is 0 Å². The van der Waals surface area contributed by atoms with Crippen molar-refractivity contribution in [1.29, 1.82) is 0 Å². The number of fused-ring (bicyclic) bond motifs is 1. The van der Waals surface area contributed by atoms with E-state index in [2.05, 4.69) is 20.6 Å². The number of nitrogens with one attached hydrogen (secondary N) is 2. The number of anilines is 2. The molecule has 1 saturated heterocycles. The lowest BCUT2D eigenvalue weighted by molar-refractivity contribution is 0.0968. The average molecular weight is 484 g/mol. The molecular weight excluding hydrogens is 460 g/mol. The molecule has 6 nitrogen and oxygen atoms in total. The number of hydrogen-bond acceptors (Lipinski definition) is 5. The van der Waals surface area contributed by atoms with Gasteiger partial charge < -0.3 is 10.6 Å². The number of pyridine rings is 2. The average Bonchev–Trinajstić information content (AvgIpc) is 2.80. The van der Waals surface area contributed by atoms with E-state index in [-0.39, 0.29) is 23.4 Å². The molecule has 3 aromatic rings. The third kappa shape index (κ3) is 3.52. The Morgan fingerprint density at radius 3 is 2.71 bits per heavy atom. The van der Waals surface area contributed by atoms with Crippen molar-refractivity contribution in [2.45, 2.75) is 31.7 Å². The first-order valence-electron chi connectivity index (χ1n) is 11.2. The Kier molecular flexibility index (Phi) is 5.73. The molecule has 0 unspecified atom stereocenters. The van der Waals surface area contributed by atoms with Crippen LogP contribution >= 0.6 is 11.6 Å². The third-order valence-corrected chi connectivity index (χ3v) is 6.99. The highest BCUT2D eigenvalue weighted by molar-refractivity contribution is 6.30. The molecule has 9 heteroatoms. The summed E-state index contributed by atoms with van der Waals surface area (Å²) in [6.07, 6.45) is 3.49. The highest BCUT2D eigenvalue weighted by atomic mass is 35.5. The molecule has 0 saturated carbocycles. The van der Waals surface area contributed by atoms with Crippen LogP contribution in [0, 0.1) is 11.6 Å². The maximum atomic E-state index is 15.5. The molecule has 2 aromatic heterocycles. The van der Waals surface area contributed by atoms with E-state index >= 15 is 4.39 Å². The second-order valence-corrected chi connectivity index (χ2v) is 9.27. The molecule has 1 atom stereocenters. The fourth-order valence-electron chi connectivity index (χ4n) is 4.91. The van der Waals surface area contributed by atoms with Gasteiger partial charge in [0.05, 0.1) is 16.6 Å². The summed E-state index contributed by atoms with van der Waals surface area (Å²) in [5.74, 6) is -1.05. The van der Waals surface area contributed by atoms with Gasteiger partial charge in [0, 0.05) is 43.0 Å². The Balaban J connectivity index is 1.76. The number of halogens is 3. The Morgan fingerprint density at radius 1 is 1.24 bits per heavy atom. The highest BCUT2D eigenvalue weighted by Gasteiger charge is 2.46. The van der Waals surface area contributed by atoms with Crippen LogP contribution in [0.15, 0.2) is 42.7 Å². The Bertz CT molecular complexity index is 1280. The molecule has 0 radical (unpaired) electrons. The Hall–Kier alpha value is -3.10. The summed E-state index contributed by atoms with van der Waals surface area (Å²) in [4.78, 5) is 23.6. The monoisotopic (exact) mass is 483 g/mol. The van der Waals surface area contributed by atoms with Gasteiger partial charge in [0.15, 0.2) is 11.6 Å². The molecule has 0 aliphatic carbocycles. The van der Waals surface area contributed by atoms with Crippen molar-refractivity contribution in [2.24, 2.45) is 0 Å². The Morgan fingerprint density at radius 2 is 2.03 bits per heavy atom. The number of benzene rings is 1. The molecule has 0 bridgehead atoms. The molecule has 1 fully saturated rings. The van der Waals surface area contributed by atoms with Crippen molar-refractivity contribution in [3.05, 3.63) is 81.6 Å². The SMILES string of the molecule is CCc1c(NC2CNC2)ncc2c1[C@@](C)(c1cccc(Cl)c1F)CN(c1ncccc1F)C2=O. The Labute approximate surface area is 201 Å². The normalized spacial score (nSPS) is 20.1. The number of hydrogen-bond donors (Lipinski definition) is 2. The first-order chi connectivity index (χ1) is 16.3. The number of nitrogens with zero attached hydrogens (tertiary/aromatic N) is 3. The first-order valence-corrected chi connectivity index (χ1v) is 11.6. The van der Waals surface area contributed by atoms with Gasteiger partial charge in [0.2, 0.25) is 0 Å². The molecule has 1 amide bonds. The molecule has 5 rings (SSSR count). The first kappa shape index (κ1) is 22.7. The molecule has 34 heavy (non-hydrogen) atoms. The summed E-state index contributed by atoms with van der Waals surface area (Å²) in [5.41, 5.74) is 1.10. The van der Waals surface area contributed by atoms with Gasteiger partial charge in [-0.25, -0.2) is 18.7 Å². The highest BCUT2D eigenvalue weighted by Crippen LogP contribution is 2.45. The molecule has 176 valence electrons. The van der Waals surface area contributed by atoms with Crippen LogP contribution in [0.25, 0.3) is 0 Å². The van der Waals surface area contributed by atoms with Crippen LogP contribution in [0.4, 0.5) is 20.4 Å². The quantitative estimate of drug-likeness (QED) is 0.565. The number of amides is 1. The van der Waals surface area contributed by atoms with Gasteiger partial charge >= 0.3 is 0 Å². The van der Waals surface area contributed by atoms with Gasteiger partial charge in [-0.3, -0.25) is 9.69 Å². The fraction of sp³-hybridized carbons (Fsp3) is 0.320. The molecule has 0 spiro atoms. The van der Waals surface area contributed by atoms with E-state index in [4.69, 9.17) is 11.6 Å². The van der Waals surface area contributed by atoms with Gasteiger partial charge in [-0.15, -0.1) is 0 Å². The van der Waals surface area contributed by atoms with E-state index in [9.17, 15) is 9.18 Å². The summed E-state index contributed by atoms with van der Waals surface area (Å²) in [5, 5.41) is 6.64. The molecule has 1 aromatic carbocycles. The van der Waals surface area contributed by atoms with E-state index in [1.54, 1.807) is 12.1 Å². The summed E-state index contributed by atoms with van der Waals surface area (Å²) in [6, 6.07) is 7.76. The predicted molar refractivity (Wildman–Crippen MR) is 128 cm³/mol. The summed E-state index contributed by atoms with van der Waals surface area (Å²) >= 11 is 6.17. The van der Waals surface area contributed by atoms with Crippen molar-refractivity contribution < 1.29 is 13.6 Å². The summed E-state index contributed by atoms with van der Waals surface area (Å²) in [6.45, 7) is 5.45. The number of carbonyl (C=O) groups is 1. The zero-order chi connectivity index (χ0) is 24.0. The largest absolute Gasteiger partial charge is 0.365 e. The van der Waals surface area contributed by atoms with Gasteiger partial charge in [0.1, 0.15) is 11.6 Å². The van der Waals surface area contributed by atoms with E-state index in [0.29, 0.717) is 28.9 Å². The second kappa shape index (κ2) is 8.60. The van der Waals surface area contributed by atoms with E-state index in [1.807, 2.05) is 13.8 Å². The zero-order valence-corrected chi connectivity index (χ0v) is 19.6. The van der Waals surface area contributed by atoms with Crippen LogP contribution in [-0.2, 0) is 11.8 Å². The predicted octanol–water partition coefficient (Wildman–Crippen LogP) is 4.32. The van der Waals surface area contributed by atoms with Crippen LogP contribution in [0.5, 0.6) is 0 Å². The van der Waals surface area contributed by atoms with Crippen molar-refractivity contribution in [3.8, 4) is 0 Å². The maximum Gasteiger partial charge on any atom is 0.261 e. The molecule has 2 aliphatic rings. The van der Waals surface area contributed by atoms with Gasteiger partial charge in [-0.1, -0.05) is 30.7 Å². The number of carbonyl (C=O) groups excluding carboxylic acids is 1.